The molecule has 0 saturated carbocycles. The zero-order chi connectivity index (χ0) is 11.4. The van der Waals surface area contributed by atoms with Crippen molar-refractivity contribution >= 4 is 28.9 Å². The molecule has 1 aromatic rings. The molecule has 1 aromatic carbocycles. The van der Waals surface area contributed by atoms with Crippen LogP contribution >= 0.6 is 23.2 Å². The lowest BCUT2D eigenvalue weighted by Gasteiger charge is -2.27. The highest BCUT2D eigenvalue weighted by atomic mass is 35.5. The first-order chi connectivity index (χ1) is 7.75. The number of nitrogens with one attached hydrogen (secondary N) is 2. The van der Waals surface area contributed by atoms with Crippen molar-refractivity contribution in [3.8, 4) is 0 Å². The molecular formula is C11H15Cl2N3. The van der Waals surface area contributed by atoms with Gasteiger partial charge in [0, 0.05) is 31.2 Å². The van der Waals surface area contributed by atoms with Crippen LogP contribution in [0.2, 0.25) is 10.0 Å². The Bertz CT molecular complexity index is 351. The maximum Gasteiger partial charge on any atom is 0.0679 e. The zero-order valence-corrected chi connectivity index (χ0v) is 10.5. The van der Waals surface area contributed by atoms with Gasteiger partial charge in [-0.3, -0.25) is 4.90 Å². The van der Waals surface area contributed by atoms with Crippen LogP contribution in [0, 0.1) is 0 Å². The van der Waals surface area contributed by atoms with E-state index >= 15 is 0 Å². The van der Waals surface area contributed by atoms with E-state index in [1.165, 1.54) is 0 Å². The molecule has 0 bridgehead atoms. The second kappa shape index (κ2) is 5.73. The van der Waals surface area contributed by atoms with E-state index in [4.69, 9.17) is 23.2 Å². The predicted molar refractivity (Wildman–Crippen MR) is 69.4 cm³/mol. The molecule has 0 spiro atoms. The number of hydrogen-bond acceptors (Lipinski definition) is 3. The fourth-order valence-corrected chi connectivity index (χ4v) is 2.17. The van der Waals surface area contributed by atoms with Crippen molar-refractivity contribution in [2.75, 3.05) is 38.2 Å². The van der Waals surface area contributed by atoms with Gasteiger partial charge in [-0.15, -0.1) is 0 Å². The van der Waals surface area contributed by atoms with E-state index in [9.17, 15) is 0 Å². The molecule has 1 heterocycles. The highest BCUT2D eigenvalue weighted by molar-refractivity contribution is 6.36. The Morgan fingerprint density at radius 3 is 2.69 bits per heavy atom. The number of nitrogens with zero attached hydrogens (tertiary/aromatic N) is 1. The summed E-state index contributed by atoms with van der Waals surface area (Å²) in [5.41, 5.74) is 0.935. The minimum atomic E-state index is 0.665. The maximum atomic E-state index is 6.07. The van der Waals surface area contributed by atoms with Crippen LogP contribution in [-0.4, -0.2) is 37.7 Å². The molecule has 1 aliphatic heterocycles. The molecule has 0 aromatic heterocycles. The first-order valence-corrected chi connectivity index (χ1v) is 6.13. The second-order valence-electron chi connectivity index (χ2n) is 3.83. The van der Waals surface area contributed by atoms with Crippen molar-refractivity contribution in [3.63, 3.8) is 0 Å². The molecule has 0 unspecified atom stereocenters. The van der Waals surface area contributed by atoms with Gasteiger partial charge in [0.05, 0.1) is 17.4 Å². The van der Waals surface area contributed by atoms with Crippen molar-refractivity contribution in [1.82, 2.24) is 10.2 Å². The summed E-state index contributed by atoms with van der Waals surface area (Å²) in [4.78, 5) is 2.35. The van der Waals surface area contributed by atoms with E-state index in [2.05, 4.69) is 15.5 Å². The van der Waals surface area contributed by atoms with Gasteiger partial charge in [0.1, 0.15) is 0 Å². The molecule has 1 saturated heterocycles. The van der Waals surface area contributed by atoms with Crippen LogP contribution in [0.25, 0.3) is 0 Å². The summed E-state index contributed by atoms with van der Waals surface area (Å²) >= 11 is 11.9. The molecule has 1 aliphatic rings. The lowest BCUT2D eigenvalue weighted by Crippen LogP contribution is -2.45. The number of anilines is 1. The molecule has 0 radical (unpaired) electrons. The Kier molecular flexibility index (Phi) is 4.29. The summed E-state index contributed by atoms with van der Waals surface area (Å²) in [6, 6.07) is 5.50. The van der Waals surface area contributed by atoms with Gasteiger partial charge < -0.3 is 10.6 Å². The molecule has 0 aliphatic carbocycles. The normalized spacial score (nSPS) is 17.4. The van der Waals surface area contributed by atoms with Crippen LogP contribution in [0.3, 0.4) is 0 Å². The van der Waals surface area contributed by atoms with E-state index < -0.39 is 0 Å². The topological polar surface area (TPSA) is 27.3 Å². The Labute approximate surface area is 106 Å². The third-order valence-electron chi connectivity index (χ3n) is 2.63. The maximum absolute atomic E-state index is 6.07. The first kappa shape index (κ1) is 12.0. The van der Waals surface area contributed by atoms with Gasteiger partial charge >= 0.3 is 0 Å². The van der Waals surface area contributed by atoms with Crippen molar-refractivity contribution in [2.45, 2.75) is 0 Å². The fourth-order valence-electron chi connectivity index (χ4n) is 1.70. The van der Waals surface area contributed by atoms with Crippen molar-refractivity contribution in [2.24, 2.45) is 0 Å². The molecule has 0 amide bonds. The average molecular weight is 260 g/mol. The Balaban J connectivity index is 1.88. The number of rotatable bonds is 3. The van der Waals surface area contributed by atoms with Gasteiger partial charge in [0.25, 0.3) is 0 Å². The van der Waals surface area contributed by atoms with E-state index in [1.54, 1.807) is 6.07 Å². The molecule has 0 atom stereocenters. The summed E-state index contributed by atoms with van der Waals surface area (Å²) in [6.45, 7) is 5.06. The SMILES string of the molecule is Clc1ccc(NCN2CCNCC2)c(Cl)c1. The molecule has 2 rings (SSSR count). The highest BCUT2D eigenvalue weighted by Crippen LogP contribution is 2.25. The first-order valence-electron chi connectivity index (χ1n) is 5.38. The molecule has 3 nitrogen and oxygen atoms in total. The lowest BCUT2D eigenvalue weighted by atomic mass is 10.3. The third-order valence-corrected chi connectivity index (χ3v) is 3.18. The van der Waals surface area contributed by atoms with Crippen molar-refractivity contribution < 1.29 is 0 Å². The van der Waals surface area contributed by atoms with Crippen LogP contribution in [0.4, 0.5) is 5.69 Å². The van der Waals surface area contributed by atoms with E-state index in [0.717, 1.165) is 38.5 Å². The van der Waals surface area contributed by atoms with Gasteiger partial charge in [-0.05, 0) is 18.2 Å². The quantitative estimate of drug-likeness (QED) is 0.873. The van der Waals surface area contributed by atoms with Crippen LogP contribution in [0.1, 0.15) is 0 Å². The van der Waals surface area contributed by atoms with E-state index in [1.807, 2.05) is 12.1 Å². The monoisotopic (exact) mass is 259 g/mol. The zero-order valence-electron chi connectivity index (χ0n) is 8.97. The summed E-state index contributed by atoms with van der Waals surface area (Å²) in [5, 5.41) is 7.97. The highest BCUT2D eigenvalue weighted by Gasteiger charge is 2.09. The van der Waals surface area contributed by atoms with Gasteiger partial charge in [0.15, 0.2) is 0 Å². The summed E-state index contributed by atoms with van der Waals surface area (Å²) in [7, 11) is 0. The standard InChI is InChI=1S/C11H15Cl2N3/c12-9-1-2-11(10(13)7-9)15-8-16-5-3-14-4-6-16/h1-2,7,14-15H,3-6,8H2. The molecule has 1 fully saturated rings. The number of benzene rings is 1. The van der Waals surface area contributed by atoms with Crippen LogP contribution in [0.5, 0.6) is 0 Å². The smallest absolute Gasteiger partial charge is 0.0679 e. The number of halogens is 2. The van der Waals surface area contributed by atoms with Crippen LogP contribution in [-0.2, 0) is 0 Å². The summed E-state index contributed by atoms with van der Waals surface area (Å²) < 4.78 is 0. The van der Waals surface area contributed by atoms with Crippen molar-refractivity contribution in [3.05, 3.63) is 28.2 Å². The Morgan fingerprint density at radius 2 is 2.00 bits per heavy atom. The molecule has 5 heteroatoms. The summed E-state index contributed by atoms with van der Waals surface area (Å²) in [6.07, 6.45) is 0. The lowest BCUT2D eigenvalue weighted by molar-refractivity contribution is 0.256. The van der Waals surface area contributed by atoms with Gasteiger partial charge in [-0.1, -0.05) is 23.2 Å². The number of hydrogen-bond donors (Lipinski definition) is 2. The molecule has 16 heavy (non-hydrogen) atoms. The van der Waals surface area contributed by atoms with Gasteiger partial charge in [-0.25, -0.2) is 0 Å². The molecule has 88 valence electrons. The second-order valence-corrected chi connectivity index (χ2v) is 4.67. The molecule has 2 N–H and O–H groups in total. The predicted octanol–water partition coefficient (Wildman–Crippen LogP) is 2.27. The average Bonchev–Trinajstić information content (AvgIpc) is 2.29. The minimum Gasteiger partial charge on any atom is -0.371 e. The van der Waals surface area contributed by atoms with Crippen LogP contribution < -0.4 is 10.6 Å². The summed E-state index contributed by atoms with van der Waals surface area (Å²) in [5.74, 6) is 0. The van der Waals surface area contributed by atoms with Gasteiger partial charge in [-0.2, -0.15) is 0 Å². The number of piperazine rings is 1. The largest absolute Gasteiger partial charge is 0.371 e. The van der Waals surface area contributed by atoms with Gasteiger partial charge in [0.2, 0.25) is 0 Å². The third kappa shape index (κ3) is 3.25. The fraction of sp³-hybridized carbons (Fsp3) is 0.455. The minimum absolute atomic E-state index is 0.665. The molecular weight excluding hydrogens is 245 g/mol. The Hall–Kier alpha value is -0.480. The Morgan fingerprint density at radius 1 is 1.25 bits per heavy atom. The van der Waals surface area contributed by atoms with E-state index in [-0.39, 0.29) is 0 Å². The van der Waals surface area contributed by atoms with Crippen molar-refractivity contribution in [1.29, 1.82) is 0 Å². The van der Waals surface area contributed by atoms with E-state index in [0.29, 0.717) is 10.0 Å². The van der Waals surface area contributed by atoms with Crippen LogP contribution in [0.15, 0.2) is 18.2 Å².